The summed E-state index contributed by atoms with van der Waals surface area (Å²) in [6.07, 6.45) is 0. The van der Waals surface area contributed by atoms with Crippen LogP contribution in [0.4, 0.5) is 17.1 Å². The summed E-state index contributed by atoms with van der Waals surface area (Å²) in [5.41, 5.74) is 13.5. The number of fused-ring (bicyclic) bond motifs is 7. The minimum Gasteiger partial charge on any atom is -0.310 e. The van der Waals surface area contributed by atoms with Gasteiger partial charge in [0.15, 0.2) is 0 Å². The number of nitrogens with zero attached hydrogens (tertiary/aromatic N) is 2. The van der Waals surface area contributed by atoms with E-state index in [1.165, 1.54) is 63.8 Å². The zero-order valence-corrected chi connectivity index (χ0v) is 29.4. The van der Waals surface area contributed by atoms with Crippen LogP contribution in [0.1, 0.15) is 25.0 Å². The predicted molar refractivity (Wildman–Crippen MR) is 216 cm³/mol. The molecule has 0 N–H and O–H groups in total. The predicted octanol–water partition coefficient (Wildman–Crippen LogP) is 13.8. The zero-order chi connectivity index (χ0) is 33.4. The average molecular weight is 677 g/mol. The van der Waals surface area contributed by atoms with Crippen molar-refractivity contribution in [3.05, 3.63) is 169 Å². The van der Waals surface area contributed by atoms with Crippen molar-refractivity contribution < 1.29 is 0 Å². The Bertz CT molecular complexity index is 2720. The number of thiazole rings is 1. The van der Waals surface area contributed by atoms with E-state index in [1.54, 1.807) is 11.3 Å². The summed E-state index contributed by atoms with van der Waals surface area (Å²) in [6.45, 7) is 4.67. The first kappa shape index (κ1) is 29.4. The van der Waals surface area contributed by atoms with Crippen LogP contribution in [0, 0.1) is 0 Å². The van der Waals surface area contributed by atoms with Gasteiger partial charge < -0.3 is 4.90 Å². The molecule has 2 aromatic heterocycles. The maximum Gasteiger partial charge on any atom is 0.124 e. The summed E-state index contributed by atoms with van der Waals surface area (Å²) >= 11 is 3.63. The molecule has 7 aromatic carbocycles. The maximum atomic E-state index is 5.02. The third kappa shape index (κ3) is 4.56. The van der Waals surface area contributed by atoms with Crippen LogP contribution in [0.15, 0.2) is 158 Å². The molecule has 0 bridgehead atoms. The molecule has 0 spiro atoms. The molecule has 50 heavy (non-hydrogen) atoms. The van der Waals surface area contributed by atoms with Crippen molar-refractivity contribution in [2.24, 2.45) is 0 Å². The van der Waals surface area contributed by atoms with Crippen molar-refractivity contribution in [3.63, 3.8) is 0 Å². The normalized spacial score (nSPS) is 13.2. The third-order valence-corrected chi connectivity index (χ3v) is 12.5. The number of benzene rings is 7. The molecule has 2 heterocycles. The molecular weight excluding hydrogens is 645 g/mol. The Morgan fingerprint density at radius 3 is 1.98 bits per heavy atom. The van der Waals surface area contributed by atoms with E-state index in [2.05, 4.69) is 176 Å². The summed E-state index contributed by atoms with van der Waals surface area (Å²) in [5, 5.41) is 3.68. The molecule has 0 atom stereocenters. The second-order valence-electron chi connectivity index (χ2n) is 13.6. The molecular formula is C46H32N2S2. The van der Waals surface area contributed by atoms with Crippen LogP contribution in [0.2, 0.25) is 0 Å². The van der Waals surface area contributed by atoms with Gasteiger partial charge in [-0.3, -0.25) is 0 Å². The smallest absolute Gasteiger partial charge is 0.124 e. The van der Waals surface area contributed by atoms with Gasteiger partial charge in [0.1, 0.15) is 5.01 Å². The summed E-state index contributed by atoms with van der Waals surface area (Å²) < 4.78 is 3.80. The molecule has 0 saturated carbocycles. The van der Waals surface area contributed by atoms with Gasteiger partial charge in [0.05, 0.1) is 10.2 Å². The van der Waals surface area contributed by atoms with Crippen LogP contribution in [0.3, 0.4) is 0 Å². The fourth-order valence-electron chi connectivity index (χ4n) is 7.85. The largest absolute Gasteiger partial charge is 0.310 e. The van der Waals surface area contributed by atoms with Crippen molar-refractivity contribution in [2.45, 2.75) is 19.3 Å². The molecule has 0 amide bonds. The van der Waals surface area contributed by atoms with Crippen molar-refractivity contribution in [2.75, 3.05) is 4.90 Å². The molecule has 0 fully saturated rings. The molecule has 1 aliphatic carbocycles. The SMILES string of the molecule is CC1(C)c2ccccc2-c2cc(N(c3ccccc3)c3ccc(-c4cccc5sc6cc7nc(-c8ccccc8)sc7cc6c45)cc3)ccc21. The van der Waals surface area contributed by atoms with Gasteiger partial charge in [0.2, 0.25) is 0 Å². The van der Waals surface area contributed by atoms with Crippen LogP contribution in [0.25, 0.3) is 63.2 Å². The first-order chi connectivity index (χ1) is 24.5. The minimum absolute atomic E-state index is 0.0213. The Morgan fingerprint density at radius 2 is 1.16 bits per heavy atom. The average Bonchev–Trinajstić information content (AvgIpc) is 3.81. The molecule has 2 nitrogen and oxygen atoms in total. The molecule has 4 heteroatoms. The van der Waals surface area contributed by atoms with E-state index in [9.17, 15) is 0 Å². The van der Waals surface area contributed by atoms with Crippen LogP contribution in [-0.4, -0.2) is 4.98 Å². The Labute approximate surface area is 299 Å². The van der Waals surface area contributed by atoms with E-state index in [-0.39, 0.29) is 5.41 Å². The van der Waals surface area contributed by atoms with Crippen LogP contribution in [0.5, 0.6) is 0 Å². The molecule has 238 valence electrons. The Hall–Kier alpha value is -5.55. The standard InChI is InChI=1S/C46H32N2S2/c1-46(2)38-18-10-9-16-35(38)36-26-33(24-25-39(36)46)48(31-14-7-4-8-15-31)32-22-20-29(21-23-32)34-17-11-19-41-44(34)37-27-43-40(28-42(37)49-41)47-45(50-43)30-12-5-3-6-13-30/h3-28H,1-2H3. The highest BCUT2D eigenvalue weighted by Crippen LogP contribution is 2.51. The van der Waals surface area contributed by atoms with Crippen LogP contribution < -0.4 is 4.90 Å². The quantitative estimate of drug-likeness (QED) is 0.180. The number of thiophene rings is 1. The molecule has 0 aliphatic heterocycles. The Kier molecular flexibility index (Phi) is 6.61. The molecule has 0 unspecified atom stereocenters. The van der Waals surface area contributed by atoms with Gasteiger partial charge in [-0.25, -0.2) is 4.98 Å². The maximum absolute atomic E-state index is 5.02. The monoisotopic (exact) mass is 676 g/mol. The van der Waals surface area contributed by atoms with Gasteiger partial charge in [-0.05, 0) is 88.0 Å². The number of anilines is 3. The number of rotatable bonds is 5. The van der Waals surface area contributed by atoms with Gasteiger partial charge in [0.25, 0.3) is 0 Å². The van der Waals surface area contributed by atoms with Crippen molar-refractivity contribution in [1.29, 1.82) is 0 Å². The van der Waals surface area contributed by atoms with Crippen LogP contribution in [-0.2, 0) is 5.41 Å². The molecule has 0 radical (unpaired) electrons. The zero-order valence-electron chi connectivity index (χ0n) is 27.7. The lowest BCUT2D eigenvalue weighted by Gasteiger charge is -2.27. The highest BCUT2D eigenvalue weighted by atomic mass is 32.1. The lowest BCUT2D eigenvalue weighted by atomic mass is 9.82. The van der Waals surface area contributed by atoms with Crippen molar-refractivity contribution in [3.8, 4) is 32.8 Å². The molecule has 9 aromatic rings. The van der Waals surface area contributed by atoms with Gasteiger partial charge in [-0.2, -0.15) is 0 Å². The minimum atomic E-state index is -0.0213. The second-order valence-corrected chi connectivity index (χ2v) is 15.7. The van der Waals surface area contributed by atoms with E-state index in [0.29, 0.717) is 0 Å². The van der Waals surface area contributed by atoms with E-state index in [4.69, 9.17) is 4.98 Å². The lowest BCUT2D eigenvalue weighted by molar-refractivity contribution is 0.660. The van der Waals surface area contributed by atoms with Gasteiger partial charge >= 0.3 is 0 Å². The van der Waals surface area contributed by atoms with Gasteiger partial charge in [-0.1, -0.05) is 117 Å². The molecule has 1 aliphatic rings. The molecule has 10 rings (SSSR count). The highest BCUT2D eigenvalue weighted by molar-refractivity contribution is 7.26. The lowest BCUT2D eigenvalue weighted by Crippen LogP contribution is -2.15. The van der Waals surface area contributed by atoms with E-state index >= 15 is 0 Å². The summed E-state index contributed by atoms with van der Waals surface area (Å²) in [4.78, 5) is 7.40. The second kappa shape index (κ2) is 11.2. The fraction of sp³-hybridized carbons (Fsp3) is 0.0652. The van der Waals surface area contributed by atoms with E-state index in [1.807, 2.05) is 11.3 Å². The van der Waals surface area contributed by atoms with E-state index in [0.717, 1.165) is 27.6 Å². The highest BCUT2D eigenvalue weighted by Gasteiger charge is 2.35. The van der Waals surface area contributed by atoms with Gasteiger partial charge in [-0.15, -0.1) is 22.7 Å². The van der Waals surface area contributed by atoms with E-state index < -0.39 is 0 Å². The topological polar surface area (TPSA) is 16.1 Å². The first-order valence-corrected chi connectivity index (χ1v) is 18.7. The summed E-state index contributed by atoms with van der Waals surface area (Å²) in [7, 11) is 0. The Morgan fingerprint density at radius 1 is 0.480 bits per heavy atom. The van der Waals surface area contributed by atoms with Gasteiger partial charge in [0, 0.05) is 48.2 Å². The molecule has 0 saturated heterocycles. The summed E-state index contributed by atoms with van der Waals surface area (Å²) in [6, 6.07) is 57.5. The number of hydrogen-bond acceptors (Lipinski definition) is 4. The van der Waals surface area contributed by atoms with Crippen molar-refractivity contribution in [1.82, 2.24) is 4.98 Å². The Balaban J connectivity index is 1.07. The first-order valence-electron chi connectivity index (χ1n) is 17.0. The van der Waals surface area contributed by atoms with Crippen LogP contribution >= 0.6 is 22.7 Å². The third-order valence-electron chi connectivity index (χ3n) is 10.3. The number of hydrogen-bond donors (Lipinski definition) is 0. The number of aromatic nitrogens is 1. The number of para-hydroxylation sites is 1. The van der Waals surface area contributed by atoms with Crippen molar-refractivity contribution >= 4 is 70.1 Å². The fourth-order valence-corrected chi connectivity index (χ4v) is 9.99. The summed E-state index contributed by atoms with van der Waals surface area (Å²) in [5.74, 6) is 0.